The average molecular weight is 317 g/mol. The maximum Gasteiger partial charge on any atom is 0.252 e. The van der Waals surface area contributed by atoms with Gasteiger partial charge in [-0.15, -0.1) is 12.4 Å². The van der Waals surface area contributed by atoms with E-state index in [4.69, 9.17) is 11.6 Å². The van der Waals surface area contributed by atoms with Gasteiger partial charge in [0.1, 0.15) is 0 Å². The van der Waals surface area contributed by atoms with Crippen molar-refractivity contribution in [2.24, 2.45) is 11.3 Å². The maximum atomic E-state index is 12.0. The Labute approximate surface area is 131 Å². The predicted molar refractivity (Wildman–Crippen MR) is 84.8 cm³/mol. The van der Waals surface area contributed by atoms with E-state index in [1.807, 2.05) is 16.8 Å². The van der Waals surface area contributed by atoms with Crippen LogP contribution in [0.2, 0.25) is 5.02 Å². The number of halogens is 2. The fraction of sp³-hybridized carbons (Fsp3) is 0.667. The van der Waals surface area contributed by atoms with Gasteiger partial charge in [-0.2, -0.15) is 0 Å². The lowest BCUT2D eigenvalue weighted by Crippen LogP contribution is -2.47. The zero-order chi connectivity index (χ0) is 13.3. The molecule has 0 unspecified atom stereocenters. The first-order valence-electron chi connectivity index (χ1n) is 7.26. The van der Waals surface area contributed by atoms with Crippen molar-refractivity contribution in [2.45, 2.75) is 38.6 Å². The number of nitrogens with zero attached hydrogens (tertiary/aromatic N) is 1. The fourth-order valence-corrected chi connectivity index (χ4v) is 4.03. The molecule has 1 atom stereocenters. The normalized spacial score (nSPS) is 24.6. The highest BCUT2D eigenvalue weighted by molar-refractivity contribution is 6.30. The SMILES string of the molecule is Cl.O=c1cc(Cl)ccn1C[C@@H]1CCNCC12CCCC2. The van der Waals surface area contributed by atoms with Crippen LogP contribution in [0.15, 0.2) is 23.1 Å². The Kier molecular flexibility index (Phi) is 5.16. The standard InChI is InChI=1S/C15H21ClN2O.ClH/c16-13-4-8-18(14(19)9-13)10-12-3-7-17-11-15(12)5-1-2-6-15;/h4,8-9,12,17H,1-3,5-7,10-11H2;1H/t12-;/m0./s1. The Bertz CT molecular complexity index is 509. The zero-order valence-corrected chi connectivity index (χ0v) is 13.2. The molecule has 3 rings (SSSR count). The summed E-state index contributed by atoms with van der Waals surface area (Å²) >= 11 is 5.86. The van der Waals surface area contributed by atoms with Crippen LogP contribution in [0.1, 0.15) is 32.1 Å². The summed E-state index contributed by atoms with van der Waals surface area (Å²) in [5.74, 6) is 0.620. The Balaban J connectivity index is 0.00000147. The van der Waals surface area contributed by atoms with Gasteiger partial charge in [-0.25, -0.2) is 0 Å². The van der Waals surface area contributed by atoms with E-state index in [1.165, 1.54) is 38.2 Å². The van der Waals surface area contributed by atoms with Crippen LogP contribution in [0.4, 0.5) is 0 Å². The summed E-state index contributed by atoms with van der Waals surface area (Å²) in [6.45, 7) is 3.05. The molecule has 1 spiro atoms. The van der Waals surface area contributed by atoms with E-state index in [0.717, 1.165) is 19.6 Å². The Morgan fingerprint density at radius 2 is 2.15 bits per heavy atom. The molecular formula is C15H22Cl2N2O. The van der Waals surface area contributed by atoms with Gasteiger partial charge in [-0.3, -0.25) is 4.79 Å². The van der Waals surface area contributed by atoms with Gasteiger partial charge < -0.3 is 9.88 Å². The lowest BCUT2D eigenvalue weighted by Gasteiger charge is -2.42. The van der Waals surface area contributed by atoms with Crippen LogP contribution in [0.3, 0.4) is 0 Å². The number of piperidine rings is 1. The van der Waals surface area contributed by atoms with Crippen LogP contribution >= 0.6 is 24.0 Å². The molecule has 1 aliphatic heterocycles. The first kappa shape index (κ1) is 15.9. The molecule has 1 N–H and O–H groups in total. The van der Waals surface area contributed by atoms with E-state index in [-0.39, 0.29) is 18.0 Å². The first-order valence-corrected chi connectivity index (χ1v) is 7.64. The summed E-state index contributed by atoms with van der Waals surface area (Å²) in [5.41, 5.74) is 0.455. The molecule has 0 aromatic carbocycles. The molecule has 3 nitrogen and oxygen atoms in total. The third-order valence-electron chi connectivity index (χ3n) is 4.99. The summed E-state index contributed by atoms with van der Waals surface area (Å²) in [5, 5.41) is 4.08. The molecule has 1 saturated heterocycles. The van der Waals surface area contributed by atoms with E-state index >= 15 is 0 Å². The van der Waals surface area contributed by atoms with Gasteiger partial charge >= 0.3 is 0 Å². The minimum absolute atomic E-state index is 0. The number of rotatable bonds is 2. The number of hydrogen-bond acceptors (Lipinski definition) is 2. The molecular weight excluding hydrogens is 295 g/mol. The van der Waals surface area contributed by atoms with Gasteiger partial charge in [0.05, 0.1) is 0 Å². The molecule has 1 aromatic rings. The van der Waals surface area contributed by atoms with E-state index in [9.17, 15) is 4.79 Å². The molecule has 1 aromatic heterocycles. The Morgan fingerprint density at radius 1 is 1.40 bits per heavy atom. The van der Waals surface area contributed by atoms with Crippen LogP contribution in [0.25, 0.3) is 0 Å². The van der Waals surface area contributed by atoms with Crippen LogP contribution in [0, 0.1) is 11.3 Å². The van der Waals surface area contributed by atoms with Crippen molar-refractivity contribution in [3.8, 4) is 0 Å². The Hall–Kier alpha value is -0.510. The summed E-state index contributed by atoms with van der Waals surface area (Å²) in [4.78, 5) is 12.0. The van der Waals surface area contributed by atoms with Gasteiger partial charge in [0.2, 0.25) is 0 Å². The van der Waals surface area contributed by atoms with Crippen molar-refractivity contribution in [2.75, 3.05) is 13.1 Å². The van der Waals surface area contributed by atoms with Crippen molar-refractivity contribution in [1.82, 2.24) is 9.88 Å². The van der Waals surface area contributed by atoms with Crippen molar-refractivity contribution in [3.63, 3.8) is 0 Å². The van der Waals surface area contributed by atoms with Gasteiger partial charge in [-0.1, -0.05) is 24.4 Å². The van der Waals surface area contributed by atoms with Gasteiger partial charge in [-0.05, 0) is 43.2 Å². The molecule has 5 heteroatoms. The smallest absolute Gasteiger partial charge is 0.252 e. The molecule has 2 aliphatic rings. The molecule has 0 amide bonds. The van der Waals surface area contributed by atoms with Crippen LogP contribution in [-0.4, -0.2) is 17.7 Å². The quantitative estimate of drug-likeness (QED) is 0.909. The second-order valence-corrected chi connectivity index (χ2v) is 6.50. The lowest BCUT2D eigenvalue weighted by atomic mass is 9.70. The fourth-order valence-electron chi connectivity index (χ4n) is 3.89. The van der Waals surface area contributed by atoms with Crippen molar-refractivity contribution in [1.29, 1.82) is 0 Å². The molecule has 2 heterocycles. The van der Waals surface area contributed by atoms with Crippen LogP contribution in [-0.2, 0) is 6.54 Å². The van der Waals surface area contributed by atoms with E-state index < -0.39 is 0 Å². The van der Waals surface area contributed by atoms with Crippen LogP contribution in [0.5, 0.6) is 0 Å². The number of hydrogen-bond donors (Lipinski definition) is 1. The minimum Gasteiger partial charge on any atom is -0.316 e. The Morgan fingerprint density at radius 3 is 2.85 bits per heavy atom. The van der Waals surface area contributed by atoms with Gasteiger partial charge in [0.25, 0.3) is 5.56 Å². The summed E-state index contributed by atoms with van der Waals surface area (Å²) in [7, 11) is 0. The predicted octanol–water partition coefficient (Wildman–Crippen LogP) is 3.09. The van der Waals surface area contributed by atoms with Gasteiger partial charge in [0.15, 0.2) is 0 Å². The van der Waals surface area contributed by atoms with E-state index in [0.29, 0.717) is 16.4 Å². The third-order valence-corrected chi connectivity index (χ3v) is 5.22. The third kappa shape index (κ3) is 3.05. The molecule has 1 aliphatic carbocycles. The maximum absolute atomic E-state index is 12.0. The zero-order valence-electron chi connectivity index (χ0n) is 11.6. The summed E-state index contributed by atoms with van der Waals surface area (Å²) in [6, 6.07) is 3.33. The van der Waals surface area contributed by atoms with E-state index in [1.54, 1.807) is 0 Å². The van der Waals surface area contributed by atoms with Crippen molar-refractivity contribution in [3.05, 3.63) is 33.7 Å². The first-order chi connectivity index (χ1) is 9.20. The van der Waals surface area contributed by atoms with E-state index in [2.05, 4.69) is 5.32 Å². The number of pyridine rings is 1. The largest absolute Gasteiger partial charge is 0.316 e. The molecule has 0 bridgehead atoms. The van der Waals surface area contributed by atoms with Crippen LogP contribution < -0.4 is 10.9 Å². The number of nitrogens with one attached hydrogen (secondary N) is 1. The molecule has 112 valence electrons. The van der Waals surface area contributed by atoms with Crippen molar-refractivity contribution >= 4 is 24.0 Å². The second kappa shape index (κ2) is 6.50. The average Bonchev–Trinajstić information content (AvgIpc) is 2.85. The van der Waals surface area contributed by atoms with Crippen molar-refractivity contribution < 1.29 is 0 Å². The second-order valence-electron chi connectivity index (χ2n) is 6.07. The highest BCUT2D eigenvalue weighted by Gasteiger charge is 2.42. The highest BCUT2D eigenvalue weighted by Crippen LogP contribution is 2.47. The topological polar surface area (TPSA) is 34.0 Å². The summed E-state index contributed by atoms with van der Waals surface area (Å²) < 4.78 is 1.84. The lowest BCUT2D eigenvalue weighted by molar-refractivity contribution is 0.101. The minimum atomic E-state index is 0. The summed E-state index contributed by atoms with van der Waals surface area (Å²) in [6.07, 6.45) is 8.33. The molecule has 1 saturated carbocycles. The molecule has 20 heavy (non-hydrogen) atoms. The highest BCUT2D eigenvalue weighted by atomic mass is 35.5. The van der Waals surface area contributed by atoms with Gasteiger partial charge in [0, 0.05) is 30.4 Å². The molecule has 2 fully saturated rings. The number of aromatic nitrogens is 1. The monoisotopic (exact) mass is 316 g/mol. The molecule has 0 radical (unpaired) electrons.